The van der Waals surface area contributed by atoms with E-state index in [4.69, 9.17) is 9.84 Å². The average Bonchev–Trinajstić information content (AvgIpc) is 3.75. The van der Waals surface area contributed by atoms with E-state index in [2.05, 4.69) is 67.6 Å². The Bertz CT molecular complexity index is 2480. The molecule has 0 radical (unpaired) electrons. The van der Waals surface area contributed by atoms with Crippen molar-refractivity contribution in [2.45, 2.75) is 0 Å². The van der Waals surface area contributed by atoms with Crippen LogP contribution >= 0.6 is 0 Å². The molecule has 0 aliphatic rings. The van der Waals surface area contributed by atoms with E-state index in [-0.39, 0.29) is 21.1 Å². The molecule has 0 atom stereocenters. The van der Waals surface area contributed by atoms with Gasteiger partial charge in [0.1, 0.15) is 11.6 Å². The van der Waals surface area contributed by atoms with Gasteiger partial charge in [0.15, 0.2) is 0 Å². The summed E-state index contributed by atoms with van der Waals surface area (Å²) in [5.74, 6) is 2.82. The first kappa shape index (κ1) is 27.1. The van der Waals surface area contributed by atoms with E-state index in [9.17, 15) is 0 Å². The van der Waals surface area contributed by atoms with E-state index in [0.717, 1.165) is 61.1 Å². The van der Waals surface area contributed by atoms with Crippen LogP contribution in [0, 0.1) is 12.1 Å². The molecule has 9 aromatic rings. The van der Waals surface area contributed by atoms with Crippen LogP contribution in [0.3, 0.4) is 0 Å². The quantitative estimate of drug-likeness (QED) is 0.166. The first-order chi connectivity index (χ1) is 21.8. The van der Waals surface area contributed by atoms with E-state index in [0.29, 0.717) is 11.5 Å². The minimum absolute atomic E-state index is 0. The average molecular weight is 762 g/mol. The Kier molecular flexibility index (Phi) is 6.54. The fourth-order valence-electron chi connectivity index (χ4n) is 6.07. The van der Waals surface area contributed by atoms with Crippen LogP contribution < -0.4 is 4.74 Å². The molecule has 0 saturated heterocycles. The molecular weight excluding hydrogens is 740 g/mol. The molecule has 5 aromatic heterocycles. The first-order valence-corrected chi connectivity index (χ1v) is 14.3. The van der Waals surface area contributed by atoms with Crippen LogP contribution in [0.25, 0.3) is 61.1 Å². The van der Waals surface area contributed by atoms with Crippen molar-refractivity contribution in [1.29, 1.82) is 0 Å². The van der Waals surface area contributed by atoms with Crippen molar-refractivity contribution in [3.8, 4) is 28.8 Å². The third-order valence-electron chi connectivity index (χ3n) is 7.91. The number of hydrogen-bond donors (Lipinski definition) is 0. The Morgan fingerprint density at radius 3 is 1.96 bits per heavy atom. The minimum atomic E-state index is 0. The van der Waals surface area contributed by atoms with Gasteiger partial charge in [-0.2, -0.15) is 17.2 Å². The zero-order chi connectivity index (χ0) is 29.0. The fraction of sp³-hybridized carbons (Fsp3) is 0. The summed E-state index contributed by atoms with van der Waals surface area (Å²) in [6.07, 6.45) is 5.49. The molecule has 9 rings (SSSR count). The van der Waals surface area contributed by atoms with E-state index < -0.39 is 0 Å². The number of aromatic nitrogens is 6. The van der Waals surface area contributed by atoms with Crippen LogP contribution in [0.5, 0.6) is 11.5 Å². The van der Waals surface area contributed by atoms with Crippen LogP contribution in [-0.2, 0) is 21.1 Å². The second kappa shape index (κ2) is 10.9. The molecule has 0 amide bonds. The zero-order valence-electron chi connectivity index (χ0n) is 23.6. The molecule has 0 N–H and O–H groups in total. The number of fused-ring (bicyclic) bond motifs is 6. The molecule has 7 nitrogen and oxygen atoms in total. The molecule has 5 heterocycles. The minimum Gasteiger partial charge on any atom is -0.509 e. The number of hydrogen-bond acceptors (Lipinski definition) is 4. The number of rotatable bonds is 5. The second-order valence-corrected chi connectivity index (χ2v) is 10.5. The van der Waals surface area contributed by atoms with Crippen molar-refractivity contribution in [3.05, 3.63) is 146 Å². The molecule has 45 heavy (non-hydrogen) atoms. The molecule has 8 heteroatoms. The van der Waals surface area contributed by atoms with Gasteiger partial charge in [-0.15, -0.1) is 35.7 Å². The molecule has 0 fully saturated rings. The standard InChI is InChI=1S/C37H22N6O.Pt/c1-3-14-31-28(12-1)29-19-18-27(23-33(29)41(31)35-16-5-7-20-38-35)44-26-11-9-10-25(22-26)43-37-30-13-2-4-15-32(30)42(34(37)24-40-43)36-17-6-8-21-39-36;/h1-21,24H;/q-2;+2. The van der Waals surface area contributed by atoms with Gasteiger partial charge in [0.2, 0.25) is 0 Å². The molecule has 216 valence electrons. The Morgan fingerprint density at radius 1 is 0.533 bits per heavy atom. The van der Waals surface area contributed by atoms with Crippen molar-refractivity contribution in [1.82, 2.24) is 28.9 Å². The molecule has 0 spiro atoms. The van der Waals surface area contributed by atoms with Crippen molar-refractivity contribution in [2.24, 2.45) is 0 Å². The topological polar surface area (TPSA) is 62.7 Å². The summed E-state index contributed by atoms with van der Waals surface area (Å²) in [6.45, 7) is 0. The maximum Gasteiger partial charge on any atom is 2.00 e. The third-order valence-corrected chi connectivity index (χ3v) is 7.91. The van der Waals surface area contributed by atoms with Gasteiger partial charge in [-0.1, -0.05) is 54.0 Å². The summed E-state index contributed by atoms with van der Waals surface area (Å²) in [4.78, 5) is 9.24. The van der Waals surface area contributed by atoms with E-state index >= 15 is 0 Å². The van der Waals surface area contributed by atoms with Crippen LogP contribution in [0.2, 0.25) is 0 Å². The van der Waals surface area contributed by atoms with Crippen molar-refractivity contribution in [2.75, 3.05) is 0 Å². The largest absolute Gasteiger partial charge is 2.00 e. The molecule has 0 saturated carbocycles. The summed E-state index contributed by atoms with van der Waals surface area (Å²) in [5.41, 5.74) is 5.74. The fourth-order valence-corrected chi connectivity index (χ4v) is 6.07. The van der Waals surface area contributed by atoms with Gasteiger partial charge in [-0.3, -0.25) is 9.25 Å². The zero-order valence-corrected chi connectivity index (χ0v) is 25.9. The van der Waals surface area contributed by atoms with Crippen LogP contribution in [0.4, 0.5) is 0 Å². The molecule has 0 aliphatic heterocycles. The molecule has 0 aliphatic carbocycles. The maximum absolute atomic E-state index is 6.38. The normalized spacial score (nSPS) is 11.4. The monoisotopic (exact) mass is 761 g/mol. The summed E-state index contributed by atoms with van der Waals surface area (Å²) in [5, 5.41) is 8.08. The van der Waals surface area contributed by atoms with Gasteiger partial charge in [0, 0.05) is 34.8 Å². The first-order valence-electron chi connectivity index (χ1n) is 14.3. The van der Waals surface area contributed by atoms with Gasteiger partial charge in [0.25, 0.3) is 0 Å². The summed E-state index contributed by atoms with van der Waals surface area (Å²) >= 11 is 0. The van der Waals surface area contributed by atoms with Crippen molar-refractivity contribution < 1.29 is 25.8 Å². The number of para-hydroxylation sites is 2. The van der Waals surface area contributed by atoms with Gasteiger partial charge < -0.3 is 9.30 Å². The summed E-state index contributed by atoms with van der Waals surface area (Å²) in [6, 6.07) is 45.3. The Hall–Kier alpha value is -5.52. The van der Waals surface area contributed by atoms with Gasteiger partial charge >= 0.3 is 21.1 Å². The summed E-state index contributed by atoms with van der Waals surface area (Å²) in [7, 11) is 0. The molecular formula is C37H22N6OPt. The van der Waals surface area contributed by atoms with Gasteiger partial charge in [-0.05, 0) is 47.5 Å². The molecule has 4 aromatic carbocycles. The Morgan fingerprint density at radius 2 is 1.20 bits per heavy atom. The van der Waals surface area contributed by atoms with E-state index in [1.54, 1.807) is 12.4 Å². The predicted octanol–water partition coefficient (Wildman–Crippen LogP) is 8.25. The van der Waals surface area contributed by atoms with Gasteiger partial charge in [0.05, 0.1) is 22.7 Å². The number of pyridine rings is 2. The number of ether oxygens (including phenoxy) is 1. The maximum atomic E-state index is 6.38. The SMILES string of the molecule is [Pt+2].[c-]1c(Oc2[c-]c3c(cc2)c2ccccc2n3-c2ccccn2)cccc1-n1ncc2c1c1ccccc1n2-c1ccccn1. The Balaban J connectivity index is 0.00000300. The van der Waals surface area contributed by atoms with E-state index in [1.165, 1.54) is 0 Å². The van der Waals surface area contributed by atoms with Gasteiger partial charge in [-0.25, -0.2) is 9.97 Å². The third kappa shape index (κ3) is 4.35. The smallest absolute Gasteiger partial charge is 0.509 e. The number of nitrogens with zero attached hydrogens (tertiary/aromatic N) is 6. The second-order valence-electron chi connectivity index (χ2n) is 10.5. The summed E-state index contributed by atoms with van der Waals surface area (Å²) < 4.78 is 12.6. The molecule has 0 bridgehead atoms. The predicted molar refractivity (Wildman–Crippen MR) is 172 cm³/mol. The molecule has 0 unspecified atom stereocenters. The number of benzene rings is 4. The van der Waals surface area contributed by atoms with Crippen molar-refractivity contribution in [3.63, 3.8) is 0 Å². The van der Waals surface area contributed by atoms with Crippen molar-refractivity contribution >= 4 is 43.7 Å². The van der Waals surface area contributed by atoms with Crippen LogP contribution in [0.15, 0.2) is 134 Å². The van der Waals surface area contributed by atoms with Crippen LogP contribution in [0.1, 0.15) is 0 Å². The van der Waals surface area contributed by atoms with E-state index in [1.807, 2.05) is 89.7 Å². The Labute approximate surface area is 272 Å². The van der Waals surface area contributed by atoms with Crippen LogP contribution in [-0.4, -0.2) is 28.9 Å².